The van der Waals surface area contributed by atoms with Gasteiger partial charge in [0.05, 0.1) is 30.3 Å². The van der Waals surface area contributed by atoms with E-state index >= 15 is 0 Å². The van der Waals surface area contributed by atoms with Gasteiger partial charge < -0.3 is 15.1 Å². The molecule has 0 aliphatic heterocycles. The number of nitrogen functional groups attached to an aromatic ring is 1. The Hall–Kier alpha value is -3.80. The molecule has 3 aromatic heterocycles. The second kappa shape index (κ2) is 6.74. The Morgan fingerprint density at radius 1 is 1.11 bits per heavy atom. The summed E-state index contributed by atoms with van der Waals surface area (Å²) in [6, 6.07) is 8.91. The highest BCUT2D eigenvalue weighted by atomic mass is 19.3. The van der Waals surface area contributed by atoms with Crippen molar-refractivity contribution in [2.24, 2.45) is 0 Å². The van der Waals surface area contributed by atoms with Gasteiger partial charge in [-0.15, -0.1) is 0 Å². The molecule has 9 heteroatoms. The molecule has 6 nitrogen and oxygen atoms in total. The minimum Gasteiger partial charge on any atom is -0.369 e. The standard InChI is InChI=1S/C19H13F3N6/c1-24-16-8-25-15-7-4-12(9-27(15)16)18-17(11-2-5-13(20)6-3-11)26-19(23)28(18)10-14(21)22/h2-9,14H,10H2,(H2,23,26). The highest BCUT2D eigenvalue weighted by Gasteiger charge is 2.22. The van der Waals surface area contributed by atoms with Gasteiger partial charge in [-0.1, -0.05) is 6.57 Å². The number of benzene rings is 1. The highest BCUT2D eigenvalue weighted by Crippen LogP contribution is 2.35. The molecular weight excluding hydrogens is 369 g/mol. The maximum Gasteiger partial charge on any atom is 0.256 e. The maximum absolute atomic E-state index is 13.3. The number of halogens is 3. The molecule has 0 amide bonds. The molecule has 0 unspecified atom stereocenters. The van der Waals surface area contributed by atoms with Crippen molar-refractivity contribution in [1.82, 2.24) is 18.9 Å². The van der Waals surface area contributed by atoms with Crippen LogP contribution in [0, 0.1) is 12.4 Å². The Morgan fingerprint density at radius 2 is 1.82 bits per heavy atom. The van der Waals surface area contributed by atoms with Gasteiger partial charge in [-0.2, -0.15) is 0 Å². The lowest BCUT2D eigenvalue weighted by Gasteiger charge is -2.11. The zero-order valence-corrected chi connectivity index (χ0v) is 14.4. The summed E-state index contributed by atoms with van der Waals surface area (Å²) in [5.74, 6) is -0.217. The smallest absolute Gasteiger partial charge is 0.256 e. The molecule has 0 atom stereocenters. The Balaban J connectivity index is 1.98. The molecule has 3 heterocycles. The number of imidazole rings is 2. The van der Waals surface area contributed by atoms with Crippen molar-refractivity contribution < 1.29 is 13.2 Å². The van der Waals surface area contributed by atoms with Gasteiger partial charge >= 0.3 is 0 Å². The van der Waals surface area contributed by atoms with Gasteiger partial charge in [-0.3, -0.25) is 0 Å². The number of aromatic nitrogens is 4. The van der Waals surface area contributed by atoms with E-state index in [1.54, 1.807) is 22.7 Å². The first-order valence-electron chi connectivity index (χ1n) is 8.23. The van der Waals surface area contributed by atoms with E-state index in [2.05, 4.69) is 14.8 Å². The normalized spacial score (nSPS) is 11.2. The molecule has 2 N–H and O–H groups in total. The summed E-state index contributed by atoms with van der Waals surface area (Å²) in [6.45, 7) is 6.60. The number of anilines is 1. The second-order valence-corrected chi connectivity index (χ2v) is 6.05. The molecule has 0 spiro atoms. The van der Waals surface area contributed by atoms with E-state index in [9.17, 15) is 13.2 Å². The van der Waals surface area contributed by atoms with Gasteiger partial charge in [0.15, 0.2) is 0 Å². The molecule has 1 aromatic carbocycles. The predicted molar refractivity (Wildman–Crippen MR) is 98.5 cm³/mol. The van der Waals surface area contributed by atoms with Crippen LogP contribution in [0.1, 0.15) is 0 Å². The van der Waals surface area contributed by atoms with Gasteiger partial charge in [-0.05, 0) is 30.3 Å². The summed E-state index contributed by atoms with van der Waals surface area (Å²) in [5, 5.41) is 0. The van der Waals surface area contributed by atoms with E-state index in [0.29, 0.717) is 28.2 Å². The minimum absolute atomic E-state index is 0.0780. The molecular formula is C19H13F3N6. The largest absolute Gasteiger partial charge is 0.369 e. The van der Waals surface area contributed by atoms with Crippen molar-refractivity contribution in [3.63, 3.8) is 0 Å². The number of fused-ring (bicyclic) bond motifs is 1. The number of nitrogens with two attached hydrogens (primary N) is 1. The van der Waals surface area contributed by atoms with Crippen molar-refractivity contribution in [2.75, 3.05) is 5.73 Å². The van der Waals surface area contributed by atoms with Crippen molar-refractivity contribution in [2.45, 2.75) is 13.0 Å². The van der Waals surface area contributed by atoms with E-state index in [1.165, 1.54) is 35.0 Å². The zero-order valence-electron chi connectivity index (χ0n) is 14.4. The van der Waals surface area contributed by atoms with Crippen LogP contribution >= 0.6 is 0 Å². The molecule has 0 aliphatic carbocycles. The summed E-state index contributed by atoms with van der Waals surface area (Å²) >= 11 is 0. The fraction of sp³-hybridized carbons (Fsp3) is 0.105. The number of nitrogens with zero attached hydrogens (tertiary/aromatic N) is 5. The van der Waals surface area contributed by atoms with Crippen molar-refractivity contribution in [1.29, 1.82) is 0 Å². The third-order valence-corrected chi connectivity index (χ3v) is 4.31. The van der Waals surface area contributed by atoms with E-state index < -0.39 is 18.8 Å². The Kier molecular flexibility index (Phi) is 4.24. The summed E-state index contributed by atoms with van der Waals surface area (Å²) in [7, 11) is 0. The highest BCUT2D eigenvalue weighted by molar-refractivity contribution is 5.81. The number of rotatable bonds is 4. The van der Waals surface area contributed by atoms with E-state index in [4.69, 9.17) is 12.3 Å². The monoisotopic (exact) mass is 382 g/mol. The summed E-state index contributed by atoms with van der Waals surface area (Å²) in [4.78, 5) is 11.8. The Bertz CT molecular complexity index is 1200. The van der Waals surface area contributed by atoms with Gasteiger partial charge in [0.25, 0.3) is 12.2 Å². The fourth-order valence-corrected chi connectivity index (χ4v) is 3.09. The molecule has 0 bridgehead atoms. The summed E-state index contributed by atoms with van der Waals surface area (Å²) in [6.07, 6.45) is 0.408. The van der Waals surface area contributed by atoms with E-state index in [1.807, 2.05) is 0 Å². The number of alkyl halides is 2. The van der Waals surface area contributed by atoms with E-state index in [0.717, 1.165) is 0 Å². The first-order chi connectivity index (χ1) is 13.5. The molecule has 0 saturated heterocycles. The third-order valence-electron chi connectivity index (χ3n) is 4.31. The quantitative estimate of drug-likeness (QED) is 0.532. The van der Waals surface area contributed by atoms with Gasteiger partial charge in [0, 0.05) is 17.2 Å². The third kappa shape index (κ3) is 2.95. The number of pyridine rings is 1. The Morgan fingerprint density at radius 3 is 2.50 bits per heavy atom. The lowest BCUT2D eigenvalue weighted by atomic mass is 10.1. The average molecular weight is 382 g/mol. The van der Waals surface area contributed by atoms with Crippen LogP contribution in [-0.2, 0) is 6.54 Å². The van der Waals surface area contributed by atoms with Gasteiger partial charge in [0.1, 0.15) is 5.82 Å². The van der Waals surface area contributed by atoms with Crippen LogP contribution in [0.5, 0.6) is 0 Å². The van der Waals surface area contributed by atoms with Gasteiger partial charge in [0.2, 0.25) is 11.6 Å². The van der Waals surface area contributed by atoms with Crippen LogP contribution in [0.15, 0.2) is 48.8 Å². The van der Waals surface area contributed by atoms with Crippen molar-refractivity contribution in [3.8, 4) is 22.5 Å². The first kappa shape index (κ1) is 17.6. The molecule has 4 rings (SSSR count). The van der Waals surface area contributed by atoms with Crippen molar-refractivity contribution in [3.05, 3.63) is 66.0 Å². The molecule has 140 valence electrons. The summed E-state index contributed by atoms with van der Waals surface area (Å²) in [5.41, 5.74) is 8.24. The lowest BCUT2D eigenvalue weighted by molar-refractivity contribution is 0.128. The molecule has 28 heavy (non-hydrogen) atoms. The first-order valence-corrected chi connectivity index (χ1v) is 8.23. The second-order valence-electron chi connectivity index (χ2n) is 6.05. The number of hydrogen-bond acceptors (Lipinski definition) is 3. The molecule has 0 aliphatic rings. The predicted octanol–water partition coefficient (Wildman–Crippen LogP) is 4.40. The SMILES string of the molecule is [C-]#[N+]c1cnc2ccc(-c3c(-c4ccc(F)cc4)nc(N)n3CC(F)F)cn12. The molecule has 0 radical (unpaired) electrons. The van der Waals surface area contributed by atoms with Crippen LogP contribution in [0.3, 0.4) is 0 Å². The van der Waals surface area contributed by atoms with Crippen LogP contribution < -0.4 is 5.73 Å². The molecule has 0 fully saturated rings. The fourth-order valence-electron chi connectivity index (χ4n) is 3.09. The van der Waals surface area contributed by atoms with Crippen LogP contribution in [0.4, 0.5) is 24.9 Å². The van der Waals surface area contributed by atoms with Crippen LogP contribution in [0.25, 0.3) is 33.0 Å². The molecule has 0 saturated carbocycles. The topological polar surface area (TPSA) is 65.5 Å². The van der Waals surface area contributed by atoms with E-state index in [-0.39, 0.29) is 11.8 Å². The Labute approximate surface area is 157 Å². The number of hydrogen-bond donors (Lipinski definition) is 1. The average Bonchev–Trinajstić information content (AvgIpc) is 3.22. The minimum atomic E-state index is -2.65. The van der Waals surface area contributed by atoms with Crippen LogP contribution in [-0.4, -0.2) is 25.4 Å². The zero-order chi connectivity index (χ0) is 19.8. The summed E-state index contributed by atoms with van der Waals surface area (Å²) < 4.78 is 42.4. The van der Waals surface area contributed by atoms with Crippen LogP contribution in [0.2, 0.25) is 0 Å². The maximum atomic E-state index is 13.3. The lowest BCUT2D eigenvalue weighted by Crippen LogP contribution is -2.11. The van der Waals surface area contributed by atoms with Crippen molar-refractivity contribution >= 4 is 17.4 Å². The van der Waals surface area contributed by atoms with Gasteiger partial charge in [-0.25, -0.2) is 27.5 Å². The molecule has 4 aromatic rings.